The summed E-state index contributed by atoms with van der Waals surface area (Å²) >= 11 is 1.46. The number of aromatic nitrogens is 2. The average molecular weight is 351 g/mol. The molecule has 3 rings (SSSR count). The summed E-state index contributed by atoms with van der Waals surface area (Å²) in [5, 5.41) is 3.81. The SMILES string of the molecule is Cn1c(-c2ccccc2)cnc1SCC(=O)NCCc1ccccc1. The summed E-state index contributed by atoms with van der Waals surface area (Å²) in [6, 6.07) is 20.3. The van der Waals surface area contributed by atoms with E-state index in [-0.39, 0.29) is 5.91 Å². The van der Waals surface area contributed by atoms with Gasteiger partial charge >= 0.3 is 0 Å². The first-order valence-corrected chi connectivity index (χ1v) is 9.23. The molecule has 25 heavy (non-hydrogen) atoms. The van der Waals surface area contributed by atoms with Crippen LogP contribution in [-0.4, -0.2) is 27.8 Å². The lowest BCUT2D eigenvalue weighted by Gasteiger charge is -2.07. The van der Waals surface area contributed by atoms with Crippen LogP contribution >= 0.6 is 11.8 Å². The van der Waals surface area contributed by atoms with Crippen molar-refractivity contribution >= 4 is 17.7 Å². The van der Waals surface area contributed by atoms with E-state index in [1.54, 1.807) is 0 Å². The highest BCUT2D eigenvalue weighted by molar-refractivity contribution is 7.99. The van der Waals surface area contributed by atoms with Gasteiger partial charge in [-0.1, -0.05) is 72.4 Å². The zero-order valence-electron chi connectivity index (χ0n) is 14.2. The molecule has 0 saturated heterocycles. The summed E-state index contributed by atoms with van der Waals surface area (Å²) in [6.45, 7) is 0.652. The number of thioether (sulfide) groups is 1. The largest absolute Gasteiger partial charge is 0.355 e. The molecule has 5 heteroatoms. The van der Waals surface area contributed by atoms with E-state index in [1.807, 2.05) is 54.2 Å². The smallest absolute Gasteiger partial charge is 0.230 e. The Kier molecular flexibility index (Phi) is 5.90. The van der Waals surface area contributed by atoms with Crippen molar-refractivity contribution in [2.24, 2.45) is 7.05 Å². The zero-order chi connectivity index (χ0) is 17.5. The predicted molar refractivity (Wildman–Crippen MR) is 103 cm³/mol. The molecule has 0 atom stereocenters. The Bertz CT molecular complexity index is 815. The third-order valence-corrected chi connectivity index (χ3v) is 4.97. The Morgan fingerprint density at radius 2 is 1.76 bits per heavy atom. The van der Waals surface area contributed by atoms with Crippen LogP contribution in [0.1, 0.15) is 5.56 Å². The van der Waals surface area contributed by atoms with Crippen LogP contribution in [0.4, 0.5) is 0 Å². The van der Waals surface area contributed by atoms with Gasteiger partial charge in [0, 0.05) is 13.6 Å². The number of imidazole rings is 1. The number of nitrogens with zero attached hydrogens (tertiary/aromatic N) is 2. The molecule has 1 heterocycles. The second-order valence-corrected chi connectivity index (χ2v) is 6.67. The molecule has 1 N–H and O–H groups in total. The monoisotopic (exact) mass is 351 g/mol. The van der Waals surface area contributed by atoms with E-state index < -0.39 is 0 Å². The molecule has 1 amide bonds. The number of rotatable bonds is 7. The molecule has 0 saturated carbocycles. The molecule has 0 aliphatic rings. The van der Waals surface area contributed by atoms with Crippen molar-refractivity contribution < 1.29 is 4.79 Å². The summed E-state index contributed by atoms with van der Waals surface area (Å²) in [5.74, 6) is 0.402. The minimum Gasteiger partial charge on any atom is -0.355 e. The van der Waals surface area contributed by atoms with Gasteiger partial charge in [0.15, 0.2) is 5.16 Å². The third kappa shape index (κ3) is 4.73. The lowest BCUT2D eigenvalue weighted by molar-refractivity contribution is -0.118. The minimum atomic E-state index is 0.0326. The molecule has 0 aliphatic heterocycles. The summed E-state index contributed by atoms with van der Waals surface area (Å²) in [7, 11) is 1.98. The molecule has 128 valence electrons. The molecular formula is C20H21N3OS. The number of carbonyl (C=O) groups excluding carboxylic acids is 1. The van der Waals surface area contributed by atoms with Crippen LogP contribution in [0, 0.1) is 0 Å². The number of carbonyl (C=O) groups is 1. The van der Waals surface area contributed by atoms with Crippen molar-refractivity contribution in [3.05, 3.63) is 72.4 Å². The topological polar surface area (TPSA) is 46.9 Å². The molecular weight excluding hydrogens is 330 g/mol. The summed E-state index contributed by atoms with van der Waals surface area (Å²) in [6.07, 6.45) is 2.70. The maximum atomic E-state index is 12.0. The van der Waals surface area contributed by atoms with Crippen molar-refractivity contribution in [1.82, 2.24) is 14.9 Å². The van der Waals surface area contributed by atoms with Crippen LogP contribution in [0.15, 0.2) is 72.0 Å². The number of hydrogen-bond acceptors (Lipinski definition) is 3. The lowest BCUT2D eigenvalue weighted by Crippen LogP contribution is -2.27. The van der Waals surface area contributed by atoms with Crippen molar-refractivity contribution in [3.63, 3.8) is 0 Å². The first-order valence-electron chi connectivity index (χ1n) is 8.24. The highest BCUT2D eigenvalue weighted by atomic mass is 32.2. The number of nitrogens with one attached hydrogen (secondary N) is 1. The molecule has 0 spiro atoms. The van der Waals surface area contributed by atoms with E-state index in [0.29, 0.717) is 12.3 Å². The van der Waals surface area contributed by atoms with Gasteiger partial charge in [-0.15, -0.1) is 0 Å². The van der Waals surface area contributed by atoms with Gasteiger partial charge in [0.05, 0.1) is 17.6 Å². The van der Waals surface area contributed by atoms with Crippen LogP contribution in [0.3, 0.4) is 0 Å². The van der Waals surface area contributed by atoms with E-state index in [1.165, 1.54) is 17.3 Å². The number of amides is 1. The fourth-order valence-electron chi connectivity index (χ4n) is 2.58. The van der Waals surface area contributed by atoms with Gasteiger partial charge in [-0.2, -0.15) is 0 Å². The molecule has 0 radical (unpaired) electrons. The van der Waals surface area contributed by atoms with Gasteiger partial charge in [0.25, 0.3) is 0 Å². The van der Waals surface area contributed by atoms with Crippen molar-refractivity contribution in [2.45, 2.75) is 11.6 Å². The third-order valence-electron chi connectivity index (χ3n) is 3.93. The van der Waals surface area contributed by atoms with Crippen molar-refractivity contribution in [2.75, 3.05) is 12.3 Å². The van der Waals surface area contributed by atoms with Crippen LogP contribution in [0.25, 0.3) is 11.3 Å². The Morgan fingerprint density at radius 1 is 1.08 bits per heavy atom. The normalized spacial score (nSPS) is 10.6. The standard InChI is InChI=1S/C20H21N3OS/c1-23-18(17-10-6-3-7-11-17)14-22-20(23)25-15-19(24)21-13-12-16-8-4-2-5-9-16/h2-11,14H,12-13,15H2,1H3,(H,21,24). The Labute approximate surface area is 152 Å². The molecule has 4 nitrogen and oxygen atoms in total. The first-order chi connectivity index (χ1) is 12.2. The van der Waals surface area contributed by atoms with Gasteiger partial charge in [0.2, 0.25) is 5.91 Å². The first kappa shape index (κ1) is 17.3. The Hall–Kier alpha value is -2.53. The van der Waals surface area contributed by atoms with Gasteiger partial charge < -0.3 is 9.88 Å². The predicted octanol–water partition coefficient (Wildman–Crippen LogP) is 3.54. The van der Waals surface area contributed by atoms with E-state index >= 15 is 0 Å². The van der Waals surface area contributed by atoms with Crippen LogP contribution in [-0.2, 0) is 18.3 Å². The van der Waals surface area contributed by atoms with E-state index in [9.17, 15) is 4.79 Å². The minimum absolute atomic E-state index is 0.0326. The molecule has 2 aromatic carbocycles. The van der Waals surface area contributed by atoms with Gasteiger partial charge in [-0.25, -0.2) is 4.98 Å². The maximum Gasteiger partial charge on any atom is 0.230 e. The summed E-state index contributed by atoms with van der Waals surface area (Å²) in [4.78, 5) is 16.5. The molecule has 1 aromatic heterocycles. The fourth-order valence-corrected chi connectivity index (χ4v) is 3.36. The van der Waals surface area contributed by atoms with Gasteiger partial charge in [-0.3, -0.25) is 4.79 Å². The molecule has 0 fully saturated rings. The summed E-state index contributed by atoms with van der Waals surface area (Å²) in [5.41, 5.74) is 3.40. The quantitative estimate of drug-likeness (QED) is 0.662. The van der Waals surface area contributed by atoms with Crippen molar-refractivity contribution in [1.29, 1.82) is 0 Å². The Morgan fingerprint density at radius 3 is 2.48 bits per heavy atom. The zero-order valence-corrected chi connectivity index (χ0v) is 15.0. The molecule has 0 bridgehead atoms. The fraction of sp³-hybridized carbons (Fsp3) is 0.200. The van der Waals surface area contributed by atoms with Gasteiger partial charge in [0.1, 0.15) is 0 Å². The summed E-state index contributed by atoms with van der Waals surface area (Å²) < 4.78 is 2.03. The second kappa shape index (κ2) is 8.53. The number of hydrogen-bond donors (Lipinski definition) is 1. The van der Waals surface area contributed by atoms with Crippen molar-refractivity contribution in [3.8, 4) is 11.3 Å². The maximum absolute atomic E-state index is 12.0. The molecule has 0 unspecified atom stereocenters. The number of benzene rings is 2. The van der Waals surface area contributed by atoms with Gasteiger partial charge in [-0.05, 0) is 17.5 Å². The van der Waals surface area contributed by atoms with E-state index in [2.05, 4.69) is 34.6 Å². The van der Waals surface area contributed by atoms with E-state index in [4.69, 9.17) is 0 Å². The van der Waals surface area contributed by atoms with Crippen LogP contribution in [0.5, 0.6) is 0 Å². The molecule has 3 aromatic rings. The molecule has 0 aliphatic carbocycles. The average Bonchev–Trinajstić information content (AvgIpc) is 3.02. The van der Waals surface area contributed by atoms with Crippen LogP contribution in [0.2, 0.25) is 0 Å². The highest BCUT2D eigenvalue weighted by Crippen LogP contribution is 2.24. The van der Waals surface area contributed by atoms with E-state index in [0.717, 1.165) is 22.8 Å². The second-order valence-electron chi connectivity index (χ2n) is 5.73. The lowest BCUT2D eigenvalue weighted by atomic mass is 10.1. The Balaban J connectivity index is 1.48. The highest BCUT2D eigenvalue weighted by Gasteiger charge is 2.10. The van der Waals surface area contributed by atoms with Crippen LogP contribution < -0.4 is 5.32 Å².